The second-order valence-corrected chi connectivity index (χ2v) is 11.0. The maximum atomic E-state index is 5.39. The van der Waals surface area contributed by atoms with E-state index in [0.717, 1.165) is 68.2 Å². The number of rotatable bonds is 12. The van der Waals surface area contributed by atoms with E-state index in [0.29, 0.717) is 0 Å². The number of hydrogen-bond acceptors (Lipinski definition) is 6. The van der Waals surface area contributed by atoms with Crippen LogP contribution in [0.3, 0.4) is 0 Å². The number of hydrogen-bond donors (Lipinski definition) is 0. The van der Waals surface area contributed by atoms with Gasteiger partial charge >= 0.3 is 0 Å². The summed E-state index contributed by atoms with van der Waals surface area (Å²) in [5, 5.41) is 0. The SMILES string of the molecule is COc1ccc(N(c2ccc(/C=C/c3ccc(N(c4ccc(OC)cc4)c4ccc(OC)cc4)cc3)cc2)c2ccc(OC)cc2)cc1. The van der Waals surface area contributed by atoms with Crippen molar-refractivity contribution in [3.63, 3.8) is 0 Å². The van der Waals surface area contributed by atoms with Crippen LogP contribution in [0.5, 0.6) is 23.0 Å². The first-order chi connectivity index (χ1) is 23.6. The van der Waals surface area contributed by atoms with Crippen molar-refractivity contribution < 1.29 is 18.9 Å². The average Bonchev–Trinajstić information content (AvgIpc) is 3.16. The van der Waals surface area contributed by atoms with Crippen LogP contribution in [0.4, 0.5) is 34.1 Å². The fraction of sp³-hybridized carbons (Fsp3) is 0.0952. The van der Waals surface area contributed by atoms with E-state index in [1.165, 1.54) is 0 Å². The van der Waals surface area contributed by atoms with Crippen molar-refractivity contribution in [2.45, 2.75) is 0 Å². The van der Waals surface area contributed by atoms with Crippen molar-refractivity contribution in [2.75, 3.05) is 38.2 Å². The average molecular weight is 635 g/mol. The summed E-state index contributed by atoms with van der Waals surface area (Å²) in [6, 6.07) is 49.4. The molecule has 0 amide bonds. The molecular formula is C42H38N2O4. The molecule has 0 aliphatic heterocycles. The Hall–Kier alpha value is -6.14. The number of ether oxygens (including phenoxy) is 4. The van der Waals surface area contributed by atoms with Gasteiger partial charge in [-0.1, -0.05) is 36.4 Å². The highest BCUT2D eigenvalue weighted by Crippen LogP contribution is 2.38. The van der Waals surface area contributed by atoms with Crippen LogP contribution >= 0.6 is 0 Å². The van der Waals surface area contributed by atoms with Crippen molar-refractivity contribution in [1.29, 1.82) is 0 Å². The van der Waals surface area contributed by atoms with Crippen molar-refractivity contribution in [3.05, 3.63) is 157 Å². The minimum Gasteiger partial charge on any atom is -0.497 e. The van der Waals surface area contributed by atoms with Crippen LogP contribution in [-0.2, 0) is 0 Å². The van der Waals surface area contributed by atoms with Crippen LogP contribution in [0.15, 0.2) is 146 Å². The molecule has 240 valence electrons. The molecule has 0 aliphatic rings. The third-order valence-electron chi connectivity index (χ3n) is 8.09. The highest BCUT2D eigenvalue weighted by molar-refractivity contribution is 5.80. The Bertz CT molecular complexity index is 1680. The van der Waals surface area contributed by atoms with Gasteiger partial charge in [0.1, 0.15) is 23.0 Å². The predicted molar refractivity (Wildman–Crippen MR) is 197 cm³/mol. The van der Waals surface area contributed by atoms with Gasteiger partial charge in [0.15, 0.2) is 0 Å². The van der Waals surface area contributed by atoms with Crippen molar-refractivity contribution in [2.24, 2.45) is 0 Å². The molecule has 0 radical (unpaired) electrons. The summed E-state index contributed by atoms with van der Waals surface area (Å²) in [7, 11) is 6.71. The molecule has 0 saturated heterocycles. The molecule has 0 fully saturated rings. The second kappa shape index (κ2) is 15.0. The summed E-state index contributed by atoms with van der Waals surface area (Å²) in [5.74, 6) is 3.26. The van der Waals surface area contributed by atoms with E-state index in [9.17, 15) is 0 Å². The van der Waals surface area contributed by atoms with Gasteiger partial charge in [-0.3, -0.25) is 0 Å². The molecule has 0 unspecified atom stereocenters. The van der Waals surface area contributed by atoms with Gasteiger partial charge in [0.05, 0.1) is 28.4 Å². The standard InChI is InChI=1S/C42H38N2O4/c1-45-39-23-15-35(16-24-39)43(36-17-25-40(46-2)26-18-36)33-11-7-31(8-12-33)5-6-32-9-13-34(14-10-32)44(37-19-27-41(47-3)28-20-37)38-21-29-42(48-4)30-22-38/h5-30H,1-4H3/b6-5+. The van der Waals surface area contributed by atoms with Gasteiger partial charge in [0.25, 0.3) is 0 Å². The summed E-state index contributed by atoms with van der Waals surface area (Å²) >= 11 is 0. The molecule has 0 N–H and O–H groups in total. The summed E-state index contributed by atoms with van der Waals surface area (Å²) in [6.07, 6.45) is 4.27. The van der Waals surface area contributed by atoms with Crippen LogP contribution in [0, 0.1) is 0 Å². The Morgan fingerprint density at radius 3 is 0.667 bits per heavy atom. The highest BCUT2D eigenvalue weighted by Gasteiger charge is 2.14. The zero-order valence-corrected chi connectivity index (χ0v) is 27.5. The van der Waals surface area contributed by atoms with Gasteiger partial charge in [-0.15, -0.1) is 0 Å². The lowest BCUT2D eigenvalue weighted by Crippen LogP contribution is -2.09. The van der Waals surface area contributed by atoms with Crippen LogP contribution in [0.1, 0.15) is 11.1 Å². The molecule has 0 spiro atoms. The Kier molecular flexibility index (Phi) is 9.92. The molecule has 6 nitrogen and oxygen atoms in total. The van der Waals surface area contributed by atoms with Gasteiger partial charge < -0.3 is 28.7 Å². The first-order valence-electron chi connectivity index (χ1n) is 15.6. The highest BCUT2D eigenvalue weighted by atomic mass is 16.5. The Labute approximate surface area is 282 Å². The summed E-state index contributed by atoms with van der Waals surface area (Å²) in [4.78, 5) is 4.42. The van der Waals surface area contributed by atoms with E-state index in [2.05, 4.69) is 119 Å². The van der Waals surface area contributed by atoms with Gasteiger partial charge in [-0.2, -0.15) is 0 Å². The zero-order chi connectivity index (χ0) is 33.3. The monoisotopic (exact) mass is 634 g/mol. The Morgan fingerprint density at radius 2 is 0.479 bits per heavy atom. The van der Waals surface area contributed by atoms with Gasteiger partial charge in [-0.25, -0.2) is 0 Å². The van der Waals surface area contributed by atoms with Gasteiger partial charge in [-0.05, 0) is 132 Å². The van der Waals surface area contributed by atoms with Crippen molar-refractivity contribution in [3.8, 4) is 23.0 Å². The van der Waals surface area contributed by atoms with Crippen molar-refractivity contribution in [1.82, 2.24) is 0 Å². The number of nitrogens with zero attached hydrogens (tertiary/aromatic N) is 2. The topological polar surface area (TPSA) is 43.4 Å². The molecule has 0 aliphatic carbocycles. The summed E-state index contributed by atoms with van der Waals surface area (Å²) < 4.78 is 21.6. The number of benzene rings is 6. The van der Waals surface area contributed by atoms with E-state index < -0.39 is 0 Å². The molecule has 6 rings (SSSR count). The fourth-order valence-corrected chi connectivity index (χ4v) is 5.48. The molecule has 6 heteroatoms. The summed E-state index contributed by atoms with van der Waals surface area (Å²) in [5.41, 5.74) is 8.42. The molecule has 6 aromatic carbocycles. The van der Waals surface area contributed by atoms with Crippen LogP contribution < -0.4 is 28.7 Å². The van der Waals surface area contributed by atoms with E-state index >= 15 is 0 Å². The predicted octanol–water partition coefficient (Wildman–Crippen LogP) is 10.8. The second-order valence-electron chi connectivity index (χ2n) is 11.0. The lowest BCUT2D eigenvalue weighted by Gasteiger charge is -2.26. The third-order valence-corrected chi connectivity index (χ3v) is 8.09. The maximum Gasteiger partial charge on any atom is 0.119 e. The normalized spacial score (nSPS) is 10.8. The smallest absolute Gasteiger partial charge is 0.119 e. The fourth-order valence-electron chi connectivity index (χ4n) is 5.48. The van der Waals surface area contributed by atoms with E-state index in [1.807, 2.05) is 48.5 Å². The molecule has 0 atom stereocenters. The largest absolute Gasteiger partial charge is 0.497 e. The Balaban J connectivity index is 1.23. The minimum absolute atomic E-state index is 0.816. The van der Waals surface area contributed by atoms with Crippen LogP contribution in [-0.4, -0.2) is 28.4 Å². The summed E-state index contributed by atoms with van der Waals surface area (Å²) in [6.45, 7) is 0. The van der Waals surface area contributed by atoms with E-state index in [1.54, 1.807) is 28.4 Å². The van der Waals surface area contributed by atoms with Crippen LogP contribution in [0.2, 0.25) is 0 Å². The molecule has 0 heterocycles. The first kappa shape index (κ1) is 31.8. The van der Waals surface area contributed by atoms with E-state index in [4.69, 9.17) is 18.9 Å². The molecule has 48 heavy (non-hydrogen) atoms. The maximum absolute atomic E-state index is 5.39. The van der Waals surface area contributed by atoms with Crippen molar-refractivity contribution >= 4 is 46.3 Å². The Morgan fingerprint density at radius 1 is 0.292 bits per heavy atom. The molecule has 0 aromatic heterocycles. The van der Waals surface area contributed by atoms with E-state index in [-0.39, 0.29) is 0 Å². The first-order valence-corrected chi connectivity index (χ1v) is 15.6. The van der Waals surface area contributed by atoms with Gasteiger partial charge in [0, 0.05) is 34.1 Å². The molecular weight excluding hydrogens is 596 g/mol. The molecule has 0 bridgehead atoms. The van der Waals surface area contributed by atoms with Gasteiger partial charge in [0.2, 0.25) is 0 Å². The molecule has 0 saturated carbocycles. The lowest BCUT2D eigenvalue weighted by molar-refractivity contribution is 0.414. The number of methoxy groups -OCH3 is 4. The lowest BCUT2D eigenvalue weighted by atomic mass is 10.1. The van der Waals surface area contributed by atoms with Crippen LogP contribution in [0.25, 0.3) is 12.2 Å². The molecule has 6 aromatic rings. The quantitative estimate of drug-likeness (QED) is 0.125. The number of anilines is 6. The third kappa shape index (κ3) is 7.29. The zero-order valence-electron chi connectivity index (χ0n) is 27.5. The minimum atomic E-state index is 0.816.